The zero-order valence-corrected chi connectivity index (χ0v) is 15.8. The van der Waals surface area contributed by atoms with Crippen LogP contribution in [0.25, 0.3) is 16.8 Å². The summed E-state index contributed by atoms with van der Waals surface area (Å²) >= 11 is 0. The van der Waals surface area contributed by atoms with Crippen molar-refractivity contribution in [3.8, 4) is 11.5 Å². The van der Waals surface area contributed by atoms with Crippen LogP contribution >= 0.6 is 0 Å². The third-order valence-electron chi connectivity index (χ3n) is 4.44. The first-order valence-electron chi connectivity index (χ1n) is 8.73. The lowest BCUT2D eigenvalue weighted by molar-refractivity contribution is -0.125. The van der Waals surface area contributed by atoms with Gasteiger partial charge >= 0.3 is 0 Å². The van der Waals surface area contributed by atoms with Gasteiger partial charge in [-0.15, -0.1) is 0 Å². The molecule has 27 heavy (non-hydrogen) atoms. The van der Waals surface area contributed by atoms with Gasteiger partial charge in [0.05, 0.1) is 14.2 Å². The number of fused-ring (bicyclic) bond motifs is 1. The number of benzene rings is 3. The van der Waals surface area contributed by atoms with Crippen molar-refractivity contribution >= 4 is 22.8 Å². The fourth-order valence-corrected chi connectivity index (χ4v) is 2.86. The predicted octanol–water partition coefficient (Wildman–Crippen LogP) is 4.53. The van der Waals surface area contributed by atoms with Gasteiger partial charge in [0, 0.05) is 19.7 Å². The van der Waals surface area contributed by atoms with E-state index in [9.17, 15) is 4.79 Å². The Morgan fingerprint density at radius 1 is 0.889 bits per heavy atom. The molecular weight excluding hydrogens is 338 g/mol. The van der Waals surface area contributed by atoms with Gasteiger partial charge in [0.15, 0.2) is 0 Å². The quantitative estimate of drug-likeness (QED) is 0.606. The highest BCUT2D eigenvalue weighted by Crippen LogP contribution is 2.22. The van der Waals surface area contributed by atoms with Gasteiger partial charge < -0.3 is 14.4 Å². The van der Waals surface area contributed by atoms with E-state index in [2.05, 4.69) is 12.1 Å². The summed E-state index contributed by atoms with van der Waals surface area (Å²) in [5, 5.41) is 2.24. The molecular formula is C23H23NO3. The summed E-state index contributed by atoms with van der Waals surface area (Å²) in [7, 11) is 5.10. The zero-order valence-electron chi connectivity index (χ0n) is 15.8. The smallest absolute Gasteiger partial charge is 0.246 e. The lowest BCUT2D eigenvalue weighted by Crippen LogP contribution is -2.24. The summed E-state index contributed by atoms with van der Waals surface area (Å²) < 4.78 is 10.4. The minimum Gasteiger partial charge on any atom is -0.497 e. The van der Waals surface area contributed by atoms with Crippen LogP contribution in [0.5, 0.6) is 11.5 Å². The molecule has 0 bridgehead atoms. The number of methoxy groups -OCH3 is 2. The molecule has 0 aliphatic rings. The van der Waals surface area contributed by atoms with E-state index < -0.39 is 0 Å². The predicted molar refractivity (Wildman–Crippen MR) is 109 cm³/mol. The van der Waals surface area contributed by atoms with Gasteiger partial charge in [0.25, 0.3) is 0 Å². The van der Waals surface area contributed by atoms with Gasteiger partial charge in [-0.05, 0) is 58.3 Å². The van der Waals surface area contributed by atoms with Crippen LogP contribution in [0.2, 0.25) is 0 Å². The first kappa shape index (κ1) is 18.5. The fraction of sp³-hybridized carbons (Fsp3) is 0.174. The molecule has 0 fully saturated rings. The van der Waals surface area contributed by atoms with Gasteiger partial charge in [-0.2, -0.15) is 0 Å². The Labute approximate surface area is 159 Å². The van der Waals surface area contributed by atoms with E-state index in [1.165, 1.54) is 0 Å². The maximum atomic E-state index is 12.4. The van der Waals surface area contributed by atoms with Crippen molar-refractivity contribution in [3.05, 3.63) is 77.9 Å². The highest BCUT2D eigenvalue weighted by molar-refractivity contribution is 5.91. The van der Waals surface area contributed by atoms with Gasteiger partial charge in [-0.1, -0.05) is 30.3 Å². The molecule has 4 heteroatoms. The number of rotatable bonds is 6. The van der Waals surface area contributed by atoms with Crippen LogP contribution in [0.3, 0.4) is 0 Å². The van der Waals surface area contributed by atoms with E-state index in [0.717, 1.165) is 33.4 Å². The third kappa shape index (κ3) is 4.67. The van der Waals surface area contributed by atoms with Gasteiger partial charge in [-0.25, -0.2) is 0 Å². The van der Waals surface area contributed by atoms with Crippen molar-refractivity contribution in [2.24, 2.45) is 0 Å². The number of carbonyl (C=O) groups is 1. The highest BCUT2D eigenvalue weighted by atomic mass is 16.5. The van der Waals surface area contributed by atoms with Crippen molar-refractivity contribution in [1.82, 2.24) is 4.90 Å². The topological polar surface area (TPSA) is 38.8 Å². The first-order valence-corrected chi connectivity index (χ1v) is 8.73. The molecule has 0 spiro atoms. The van der Waals surface area contributed by atoms with E-state index >= 15 is 0 Å². The molecule has 0 N–H and O–H groups in total. The summed E-state index contributed by atoms with van der Waals surface area (Å²) in [6.07, 6.45) is 3.40. The summed E-state index contributed by atoms with van der Waals surface area (Å²) in [6, 6.07) is 19.8. The largest absolute Gasteiger partial charge is 0.497 e. The lowest BCUT2D eigenvalue weighted by Gasteiger charge is -2.16. The molecule has 0 aromatic heterocycles. The maximum Gasteiger partial charge on any atom is 0.246 e. The van der Waals surface area contributed by atoms with Crippen molar-refractivity contribution in [1.29, 1.82) is 0 Å². The van der Waals surface area contributed by atoms with Crippen molar-refractivity contribution in [2.75, 3.05) is 21.3 Å². The fourth-order valence-electron chi connectivity index (χ4n) is 2.86. The van der Waals surface area contributed by atoms with Crippen LogP contribution in [-0.2, 0) is 11.3 Å². The second kappa shape index (κ2) is 8.41. The second-order valence-corrected chi connectivity index (χ2v) is 6.35. The molecule has 0 atom stereocenters. The molecule has 0 heterocycles. The number of hydrogen-bond donors (Lipinski definition) is 0. The Balaban J connectivity index is 1.66. The van der Waals surface area contributed by atoms with E-state index in [4.69, 9.17) is 9.47 Å². The van der Waals surface area contributed by atoms with E-state index in [1.807, 2.05) is 54.6 Å². The standard InChI is InChI=1S/C23H23NO3/c1-24(23(25)13-7-17-5-10-21(26-2)11-6-17)16-18-4-8-20-15-22(27-3)12-9-19(20)14-18/h4-15H,16H2,1-3H3/b13-7+. The Kier molecular flexibility index (Phi) is 5.77. The van der Waals surface area contributed by atoms with Crippen molar-refractivity contribution in [2.45, 2.75) is 6.54 Å². The molecule has 3 aromatic rings. The molecule has 4 nitrogen and oxygen atoms in total. The van der Waals surface area contributed by atoms with Gasteiger partial charge in [-0.3, -0.25) is 4.79 Å². The maximum absolute atomic E-state index is 12.4. The molecule has 138 valence electrons. The number of nitrogens with zero attached hydrogens (tertiary/aromatic N) is 1. The number of hydrogen-bond acceptors (Lipinski definition) is 3. The Bertz CT molecular complexity index is 961. The lowest BCUT2D eigenvalue weighted by atomic mass is 10.1. The minimum atomic E-state index is -0.0411. The normalized spacial score (nSPS) is 10.9. The SMILES string of the molecule is COc1ccc(/C=C/C(=O)N(C)Cc2ccc3cc(OC)ccc3c2)cc1. The second-order valence-electron chi connectivity index (χ2n) is 6.35. The Hall–Kier alpha value is -3.27. The minimum absolute atomic E-state index is 0.0411. The van der Waals surface area contributed by atoms with Crippen LogP contribution in [0.4, 0.5) is 0 Å². The molecule has 0 saturated heterocycles. The number of ether oxygens (including phenoxy) is 2. The molecule has 0 radical (unpaired) electrons. The molecule has 0 saturated carbocycles. The van der Waals surface area contributed by atoms with E-state index in [0.29, 0.717) is 6.54 Å². The average Bonchev–Trinajstić information content (AvgIpc) is 2.71. The number of amides is 1. The molecule has 3 rings (SSSR count). The number of carbonyl (C=O) groups excluding carboxylic acids is 1. The summed E-state index contributed by atoms with van der Waals surface area (Å²) in [6.45, 7) is 0.549. The first-order chi connectivity index (χ1) is 13.1. The van der Waals surface area contributed by atoms with Gasteiger partial charge in [0.1, 0.15) is 11.5 Å². The molecule has 0 aliphatic carbocycles. The molecule has 0 aliphatic heterocycles. The summed E-state index contributed by atoms with van der Waals surface area (Å²) in [5.41, 5.74) is 2.04. The summed E-state index contributed by atoms with van der Waals surface area (Å²) in [4.78, 5) is 14.1. The van der Waals surface area contributed by atoms with E-state index in [-0.39, 0.29) is 5.91 Å². The van der Waals surface area contributed by atoms with Crippen LogP contribution in [0, 0.1) is 0 Å². The van der Waals surface area contributed by atoms with Crippen LogP contribution < -0.4 is 9.47 Å². The number of likely N-dealkylation sites (N-methyl/N-ethyl adjacent to an activating group) is 1. The van der Waals surface area contributed by atoms with Gasteiger partial charge in [0.2, 0.25) is 5.91 Å². The molecule has 3 aromatic carbocycles. The third-order valence-corrected chi connectivity index (χ3v) is 4.44. The zero-order chi connectivity index (χ0) is 19.2. The highest BCUT2D eigenvalue weighted by Gasteiger charge is 2.07. The Morgan fingerprint density at radius 2 is 1.52 bits per heavy atom. The van der Waals surface area contributed by atoms with E-state index in [1.54, 1.807) is 32.2 Å². The summed E-state index contributed by atoms with van der Waals surface area (Å²) in [5.74, 6) is 1.59. The van der Waals surface area contributed by atoms with Crippen LogP contribution in [-0.4, -0.2) is 32.1 Å². The Morgan fingerprint density at radius 3 is 2.22 bits per heavy atom. The van der Waals surface area contributed by atoms with Crippen molar-refractivity contribution < 1.29 is 14.3 Å². The van der Waals surface area contributed by atoms with Crippen LogP contribution in [0.15, 0.2) is 66.7 Å². The monoisotopic (exact) mass is 361 g/mol. The molecule has 0 unspecified atom stereocenters. The molecule has 1 amide bonds. The average molecular weight is 361 g/mol. The van der Waals surface area contributed by atoms with Crippen molar-refractivity contribution in [3.63, 3.8) is 0 Å². The van der Waals surface area contributed by atoms with Crippen LogP contribution in [0.1, 0.15) is 11.1 Å².